The quantitative estimate of drug-likeness (QED) is 0.208. The highest BCUT2D eigenvalue weighted by Crippen LogP contribution is 2.33. The van der Waals surface area contributed by atoms with Gasteiger partial charge in [0, 0.05) is 15.4 Å². The van der Waals surface area contributed by atoms with Crippen LogP contribution in [0.15, 0.2) is 71.2 Å². The third kappa shape index (κ3) is 5.27. The summed E-state index contributed by atoms with van der Waals surface area (Å²) in [7, 11) is 0. The Hall–Kier alpha value is -4.52. The lowest BCUT2D eigenvalue weighted by Crippen LogP contribution is -2.18. The highest BCUT2D eigenvalue weighted by molar-refractivity contribution is 9.10. The summed E-state index contributed by atoms with van der Waals surface area (Å²) in [6.07, 6.45) is -5.04. The first-order chi connectivity index (χ1) is 18.2. The summed E-state index contributed by atoms with van der Waals surface area (Å²) < 4.78 is 40.7. The van der Waals surface area contributed by atoms with Crippen molar-refractivity contribution in [3.63, 3.8) is 0 Å². The molecule has 0 aliphatic heterocycles. The molecule has 5 aromatic rings. The van der Waals surface area contributed by atoms with Crippen molar-refractivity contribution in [2.45, 2.75) is 12.6 Å². The van der Waals surface area contributed by atoms with E-state index in [2.05, 4.69) is 52.2 Å². The number of hydrogen-bond acceptors (Lipinski definition) is 5. The summed E-state index contributed by atoms with van der Waals surface area (Å²) in [6.45, 7) is 0. The number of tetrazole rings is 1. The van der Waals surface area contributed by atoms with Crippen LogP contribution in [0.1, 0.15) is 21.6 Å². The van der Waals surface area contributed by atoms with E-state index >= 15 is 0 Å². The molecule has 2 aromatic heterocycles. The third-order valence-electron chi connectivity index (χ3n) is 5.68. The van der Waals surface area contributed by atoms with Crippen molar-refractivity contribution >= 4 is 50.0 Å². The molecule has 2 heterocycles. The summed E-state index contributed by atoms with van der Waals surface area (Å²) in [5.41, 5.74) is 0.990. The molecule has 0 atom stereocenters. The Labute approximate surface area is 221 Å². The Balaban J connectivity index is 1.37. The van der Waals surface area contributed by atoms with Crippen molar-refractivity contribution in [3.05, 3.63) is 88.0 Å². The number of halogens is 4. The van der Waals surface area contributed by atoms with Gasteiger partial charge in [-0.25, -0.2) is 5.10 Å². The molecule has 38 heavy (non-hydrogen) atoms. The van der Waals surface area contributed by atoms with Crippen LogP contribution >= 0.6 is 15.9 Å². The lowest BCUT2D eigenvalue weighted by atomic mass is 10.0. The van der Waals surface area contributed by atoms with E-state index in [0.717, 1.165) is 10.5 Å². The van der Waals surface area contributed by atoms with E-state index < -0.39 is 30.0 Å². The summed E-state index contributed by atoms with van der Waals surface area (Å²) >= 11 is 3.39. The van der Waals surface area contributed by atoms with Gasteiger partial charge in [0.2, 0.25) is 5.91 Å². The van der Waals surface area contributed by atoms with Gasteiger partial charge in [0.25, 0.3) is 5.91 Å². The van der Waals surface area contributed by atoms with Gasteiger partial charge in [-0.3, -0.25) is 9.59 Å². The zero-order chi connectivity index (χ0) is 26.9. The Morgan fingerprint density at radius 2 is 1.76 bits per heavy atom. The van der Waals surface area contributed by atoms with Crippen LogP contribution in [0.4, 0.5) is 24.5 Å². The fourth-order valence-corrected chi connectivity index (χ4v) is 4.35. The first-order valence-corrected chi connectivity index (χ1v) is 11.9. The molecule has 0 bridgehead atoms. The van der Waals surface area contributed by atoms with Gasteiger partial charge in [0.1, 0.15) is 5.69 Å². The number of alkyl halides is 3. The number of rotatable bonds is 6. The molecule has 5 rings (SSSR count). The fraction of sp³-hybridized carbons (Fsp3) is 0.0800. The molecule has 0 aliphatic rings. The van der Waals surface area contributed by atoms with E-state index in [1.165, 1.54) is 18.2 Å². The van der Waals surface area contributed by atoms with Crippen molar-refractivity contribution in [2.75, 3.05) is 10.6 Å². The molecule has 3 aromatic carbocycles. The molecule has 192 valence electrons. The number of hydrogen-bond donors (Lipinski definition) is 4. The van der Waals surface area contributed by atoms with Gasteiger partial charge >= 0.3 is 6.18 Å². The molecule has 2 amide bonds. The maximum Gasteiger partial charge on any atom is 0.416 e. The number of aromatic nitrogens is 5. The predicted octanol–water partition coefficient (Wildman–Crippen LogP) is 5.56. The average Bonchev–Trinajstić information content (AvgIpc) is 3.56. The smallest absolute Gasteiger partial charge is 0.349 e. The third-order valence-corrected chi connectivity index (χ3v) is 6.17. The topological polar surface area (TPSA) is 128 Å². The van der Waals surface area contributed by atoms with Crippen LogP contribution in [0.5, 0.6) is 0 Å². The number of aromatic amines is 2. The van der Waals surface area contributed by atoms with E-state index in [1.807, 2.05) is 0 Å². The predicted molar refractivity (Wildman–Crippen MR) is 137 cm³/mol. The number of para-hydroxylation sites is 1. The van der Waals surface area contributed by atoms with Crippen LogP contribution in [-0.2, 0) is 17.4 Å². The van der Waals surface area contributed by atoms with Crippen molar-refractivity contribution < 1.29 is 22.8 Å². The minimum Gasteiger partial charge on any atom is -0.349 e. The average molecular weight is 584 g/mol. The Bertz CT molecular complexity index is 1650. The monoisotopic (exact) mass is 583 g/mol. The molecule has 13 heteroatoms. The minimum atomic E-state index is -4.57. The van der Waals surface area contributed by atoms with Crippen LogP contribution in [0, 0.1) is 0 Å². The van der Waals surface area contributed by atoms with Crippen molar-refractivity contribution in [3.8, 4) is 11.4 Å². The number of nitrogens with one attached hydrogen (secondary N) is 4. The number of benzene rings is 3. The van der Waals surface area contributed by atoms with Crippen LogP contribution in [-0.4, -0.2) is 37.4 Å². The second-order valence-electron chi connectivity index (χ2n) is 8.23. The van der Waals surface area contributed by atoms with Crippen molar-refractivity contribution in [2.24, 2.45) is 0 Å². The van der Waals surface area contributed by atoms with Gasteiger partial charge in [-0.05, 0) is 52.4 Å². The number of anilines is 2. The van der Waals surface area contributed by atoms with E-state index in [4.69, 9.17) is 0 Å². The molecule has 0 saturated heterocycles. The molecule has 0 fully saturated rings. The number of amides is 2. The highest BCUT2D eigenvalue weighted by Gasteiger charge is 2.33. The Morgan fingerprint density at radius 3 is 2.53 bits per heavy atom. The van der Waals surface area contributed by atoms with Crippen LogP contribution in [0.2, 0.25) is 0 Å². The number of nitrogens with zero attached hydrogens (tertiary/aromatic N) is 3. The Morgan fingerprint density at radius 1 is 0.947 bits per heavy atom. The van der Waals surface area contributed by atoms with E-state index in [-0.39, 0.29) is 11.3 Å². The van der Waals surface area contributed by atoms with Gasteiger partial charge in [0.15, 0.2) is 5.82 Å². The lowest BCUT2D eigenvalue weighted by Gasteiger charge is -2.13. The summed E-state index contributed by atoms with van der Waals surface area (Å²) in [5.74, 6) is -0.737. The maximum atomic E-state index is 13.3. The van der Waals surface area contributed by atoms with Crippen molar-refractivity contribution in [1.82, 2.24) is 25.6 Å². The van der Waals surface area contributed by atoms with E-state index in [0.29, 0.717) is 33.7 Å². The first kappa shape index (κ1) is 25.1. The minimum absolute atomic E-state index is 0.136. The lowest BCUT2D eigenvalue weighted by molar-refractivity contribution is -0.138. The summed E-state index contributed by atoms with van der Waals surface area (Å²) in [4.78, 5) is 28.7. The van der Waals surface area contributed by atoms with Gasteiger partial charge in [0.05, 0.1) is 28.9 Å². The molecular formula is C25H17BrF3N7O2. The van der Waals surface area contributed by atoms with Crippen LogP contribution in [0.3, 0.4) is 0 Å². The van der Waals surface area contributed by atoms with E-state index in [1.54, 1.807) is 42.5 Å². The zero-order valence-corrected chi connectivity index (χ0v) is 20.8. The van der Waals surface area contributed by atoms with Gasteiger partial charge in [-0.2, -0.15) is 13.2 Å². The fourth-order valence-electron chi connectivity index (χ4n) is 3.99. The van der Waals surface area contributed by atoms with Gasteiger partial charge in [-0.1, -0.05) is 46.3 Å². The van der Waals surface area contributed by atoms with Gasteiger partial charge in [-0.15, -0.1) is 5.10 Å². The largest absolute Gasteiger partial charge is 0.416 e. The molecule has 0 spiro atoms. The second-order valence-corrected chi connectivity index (χ2v) is 9.14. The molecule has 9 nitrogen and oxygen atoms in total. The SMILES string of the molecule is O=C(Cc1ccccc1C(F)(F)F)Nc1cccc2cc(C(=O)Nc3ccc(Br)cc3-c3nnn[nH]3)[nH]c12. The molecule has 4 N–H and O–H groups in total. The number of fused-ring (bicyclic) bond motifs is 1. The molecule has 0 radical (unpaired) electrons. The van der Waals surface area contributed by atoms with Crippen LogP contribution < -0.4 is 10.6 Å². The number of carbonyl (C=O) groups is 2. The second kappa shape index (κ2) is 10.1. The maximum absolute atomic E-state index is 13.3. The molecule has 0 aliphatic carbocycles. The molecular weight excluding hydrogens is 567 g/mol. The van der Waals surface area contributed by atoms with Crippen LogP contribution in [0.25, 0.3) is 22.3 Å². The Kier molecular flexibility index (Phi) is 6.68. The normalized spacial score (nSPS) is 11.5. The summed E-state index contributed by atoms with van der Waals surface area (Å²) in [5, 5.41) is 19.8. The van der Waals surface area contributed by atoms with Gasteiger partial charge < -0.3 is 15.6 Å². The zero-order valence-electron chi connectivity index (χ0n) is 19.2. The molecule has 0 unspecified atom stereocenters. The summed E-state index contributed by atoms with van der Waals surface area (Å²) in [6, 6.07) is 16.7. The van der Waals surface area contributed by atoms with Crippen molar-refractivity contribution in [1.29, 1.82) is 0 Å². The standard InChI is InChI=1S/C25H17BrF3N7O2/c26-15-8-9-18(16(12-15)23-33-35-36-34-23)32-24(38)20-10-14-5-3-7-19(22(14)31-20)30-21(37)11-13-4-1-2-6-17(13)25(27,28)29/h1-10,12,31H,11H2,(H,30,37)(H,32,38)(H,33,34,35,36). The van der Waals surface area contributed by atoms with E-state index in [9.17, 15) is 22.8 Å². The molecule has 0 saturated carbocycles. The number of H-pyrrole nitrogens is 2. The highest BCUT2D eigenvalue weighted by atomic mass is 79.9. The number of carbonyl (C=O) groups excluding carboxylic acids is 2. The first-order valence-electron chi connectivity index (χ1n) is 11.1.